The first-order valence-corrected chi connectivity index (χ1v) is 7.58. The first kappa shape index (κ1) is 11.7. The average molecular weight is 252 g/mol. The Morgan fingerprint density at radius 1 is 1.41 bits per heavy atom. The molecule has 0 aromatic carbocycles. The molecule has 1 aliphatic carbocycles. The van der Waals surface area contributed by atoms with Crippen molar-refractivity contribution in [1.29, 1.82) is 0 Å². The summed E-state index contributed by atoms with van der Waals surface area (Å²) in [6.45, 7) is 0.825. The Kier molecular flexibility index (Phi) is 3.24. The lowest BCUT2D eigenvalue weighted by Crippen LogP contribution is -2.39. The Labute approximate surface area is 107 Å². The largest absolute Gasteiger partial charge is 0.388 e. The second-order valence-electron chi connectivity index (χ2n) is 5.49. The molecule has 3 heteroatoms. The van der Waals surface area contributed by atoms with Crippen LogP contribution in [0.1, 0.15) is 50.2 Å². The van der Waals surface area contributed by atoms with E-state index in [0.29, 0.717) is 5.92 Å². The molecule has 0 amide bonds. The van der Waals surface area contributed by atoms with Crippen LogP contribution in [-0.2, 0) is 4.74 Å². The molecule has 2 aliphatic rings. The minimum absolute atomic E-state index is 0.111. The predicted molar refractivity (Wildman–Crippen MR) is 69.2 cm³/mol. The van der Waals surface area contributed by atoms with Crippen LogP contribution in [0.5, 0.6) is 0 Å². The molecule has 1 spiro atoms. The van der Waals surface area contributed by atoms with Crippen LogP contribution in [0.3, 0.4) is 0 Å². The molecule has 1 saturated carbocycles. The molecular formula is C14H20O2S. The number of aliphatic hydroxyl groups excluding tert-OH is 1. The van der Waals surface area contributed by atoms with Crippen molar-refractivity contribution in [3.63, 3.8) is 0 Å². The smallest absolute Gasteiger partial charge is 0.0828 e. The van der Waals surface area contributed by atoms with Crippen LogP contribution in [0.25, 0.3) is 0 Å². The summed E-state index contributed by atoms with van der Waals surface area (Å²) >= 11 is 1.66. The lowest BCUT2D eigenvalue weighted by Gasteiger charge is -2.40. The SMILES string of the molecule is OC(c1ccsc1)C1CCOC2(CCCC2)C1. The molecule has 1 aromatic rings. The third kappa shape index (κ3) is 2.28. The van der Waals surface area contributed by atoms with Crippen LogP contribution < -0.4 is 0 Å². The van der Waals surface area contributed by atoms with E-state index < -0.39 is 0 Å². The van der Waals surface area contributed by atoms with Gasteiger partial charge in [0.05, 0.1) is 11.7 Å². The van der Waals surface area contributed by atoms with Crippen molar-refractivity contribution in [3.05, 3.63) is 22.4 Å². The molecule has 0 radical (unpaired) electrons. The third-order valence-electron chi connectivity index (χ3n) is 4.38. The Hall–Kier alpha value is -0.380. The van der Waals surface area contributed by atoms with E-state index in [2.05, 4.69) is 5.38 Å². The van der Waals surface area contributed by atoms with E-state index in [1.54, 1.807) is 11.3 Å². The fourth-order valence-corrected chi connectivity index (χ4v) is 4.11. The van der Waals surface area contributed by atoms with Crippen LogP contribution in [0.2, 0.25) is 0 Å². The summed E-state index contributed by atoms with van der Waals surface area (Å²) in [7, 11) is 0. The maximum atomic E-state index is 10.4. The fourth-order valence-electron chi connectivity index (χ4n) is 3.42. The minimum Gasteiger partial charge on any atom is -0.388 e. The molecule has 1 aromatic heterocycles. The number of hydrogen-bond donors (Lipinski definition) is 1. The lowest BCUT2D eigenvalue weighted by atomic mass is 9.80. The van der Waals surface area contributed by atoms with Gasteiger partial charge in [-0.25, -0.2) is 0 Å². The van der Waals surface area contributed by atoms with Crippen LogP contribution in [0.15, 0.2) is 16.8 Å². The molecule has 2 heterocycles. The number of rotatable bonds is 2. The van der Waals surface area contributed by atoms with Crippen molar-refractivity contribution >= 4 is 11.3 Å². The quantitative estimate of drug-likeness (QED) is 0.872. The number of aliphatic hydroxyl groups is 1. The van der Waals surface area contributed by atoms with Gasteiger partial charge in [-0.15, -0.1) is 0 Å². The van der Waals surface area contributed by atoms with Crippen molar-refractivity contribution in [2.75, 3.05) is 6.61 Å². The van der Waals surface area contributed by atoms with E-state index in [1.807, 2.05) is 11.4 Å². The number of ether oxygens (including phenoxy) is 1. The minimum atomic E-state index is -0.289. The van der Waals surface area contributed by atoms with Gasteiger partial charge in [0.1, 0.15) is 0 Å². The summed E-state index contributed by atoms with van der Waals surface area (Å²) in [6.07, 6.45) is 6.73. The van der Waals surface area contributed by atoms with Crippen LogP contribution in [0, 0.1) is 5.92 Å². The van der Waals surface area contributed by atoms with Gasteiger partial charge in [-0.05, 0) is 54.0 Å². The molecule has 1 saturated heterocycles. The predicted octanol–water partition coefficient (Wildman–Crippen LogP) is 3.52. The molecule has 2 atom stereocenters. The maximum Gasteiger partial charge on any atom is 0.0828 e. The lowest BCUT2D eigenvalue weighted by molar-refractivity contribution is -0.113. The second-order valence-corrected chi connectivity index (χ2v) is 6.27. The van der Waals surface area contributed by atoms with Gasteiger partial charge in [-0.1, -0.05) is 12.8 Å². The van der Waals surface area contributed by atoms with Gasteiger partial charge in [0.2, 0.25) is 0 Å². The molecule has 2 fully saturated rings. The van der Waals surface area contributed by atoms with Gasteiger partial charge in [-0.3, -0.25) is 0 Å². The first-order valence-electron chi connectivity index (χ1n) is 6.63. The Bertz CT molecular complexity index is 354. The average Bonchev–Trinajstić information content (AvgIpc) is 3.00. The zero-order chi connectivity index (χ0) is 11.7. The van der Waals surface area contributed by atoms with E-state index in [9.17, 15) is 5.11 Å². The van der Waals surface area contributed by atoms with Gasteiger partial charge >= 0.3 is 0 Å². The highest BCUT2D eigenvalue weighted by molar-refractivity contribution is 7.07. The second kappa shape index (κ2) is 4.71. The molecule has 2 nitrogen and oxygen atoms in total. The monoisotopic (exact) mass is 252 g/mol. The fraction of sp³-hybridized carbons (Fsp3) is 0.714. The van der Waals surface area contributed by atoms with Gasteiger partial charge in [0.15, 0.2) is 0 Å². The number of hydrogen-bond acceptors (Lipinski definition) is 3. The topological polar surface area (TPSA) is 29.5 Å². The summed E-state index contributed by atoms with van der Waals surface area (Å²) in [4.78, 5) is 0. The molecule has 1 aliphatic heterocycles. The van der Waals surface area contributed by atoms with Gasteiger partial charge in [-0.2, -0.15) is 11.3 Å². The van der Waals surface area contributed by atoms with Crippen molar-refractivity contribution in [2.24, 2.45) is 5.92 Å². The highest BCUT2D eigenvalue weighted by atomic mass is 32.1. The number of thiophene rings is 1. The zero-order valence-corrected chi connectivity index (χ0v) is 10.9. The summed E-state index contributed by atoms with van der Waals surface area (Å²) < 4.78 is 6.02. The Morgan fingerprint density at radius 2 is 2.24 bits per heavy atom. The van der Waals surface area contributed by atoms with Gasteiger partial charge in [0.25, 0.3) is 0 Å². The van der Waals surface area contributed by atoms with E-state index in [1.165, 1.54) is 25.7 Å². The standard InChI is InChI=1S/C14H20O2S/c15-13(12-4-8-17-10-12)11-3-7-16-14(9-11)5-1-2-6-14/h4,8,10-11,13,15H,1-3,5-7,9H2. The summed E-state index contributed by atoms with van der Waals surface area (Å²) in [6, 6.07) is 2.05. The van der Waals surface area contributed by atoms with Crippen molar-refractivity contribution in [3.8, 4) is 0 Å². The van der Waals surface area contributed by atoms with Crippen LogP contribution >= 0.6 is 11.3 Å². The highest BCUT2D eigenvalue weighted by Gasteiger charge is 2.41. The summed E-state index contributed by atoms with van der Waals surface area (Å²) in [5.41, 5.74) is 1.20. The zero-order valence-electron chi connectivity index (χ0n) is 10.1. The summed E-state index contributed by atoms with van der Waals surface area (Å²) in [5.74, 6) is 0.386. The van der Waals surface area contributed by atoms with E-state index in [0.717, 1.165) is 25.0 Å². The molecule has 2 unspecified atom stereocenters. The summed E-state index contributed by atoms with van der Waals surface area (Å²) in [5, 5.41) is 14.5. The maximum absolute atomic E-state index is 10.4. The van der Waals surface area contributed by atoms with Gasteiger partial charge in [0, 0.05) is 6.61 Å². The van der Waals surface area contributed by atoms with E-state index in [4.69, 9.17) is 4.74 Å². The van der Waals surface area contributed by atoms with E-state index >= 15 is 0 Å². The molecule has 0 bridgehead atoms. The normalized spacial score (nSPS) is 29.6. The Morgan fingerprint density at radius 3 is 2.94 bits per heavy atom. The highest BCUT2D eigenvalue weighted by Crippen LogP contribution is 2.45. The van der Waals surface area contributed by atoms with Crippen molar-refractivity contribution in [2.45, 2.75) is 50.2 Å². The van der Waals surface area contributed by atoms with E-state index in [-0.39, 0.29) is 11.7 Å². The van der Waals surface area contributed by atoms with Crippen LogP contribution in [0.4, 0.5) is 0 Å². The van der Waals surface area contributed by atoms with Crippen LogP contribution in [-0.4, -0.2) is 17.3 Å². The first-order chi connectivity index (χ1) is 8.29. The van der Waals surface area contributed by atoms with Crippen molar-refractivity contribution < 1.29 is 9.84 Å². The van der Waals surface area contributed by atoms with Crippen molar-refractivity contribution in [1.82, 2.24) is 0 Å². The molecule has 94 valence electrons. The molecular weight excluding hydrogens is 232 g/mol. The third-order valence-corrected chi connectivity index (χ3v) is 5.08. The molecule has 17 heavy (non-hydrogen) atoms. The Balaban J connectivity index is 1.71. The van der Waals surface area contributed by atoms with Gasteiger partial charge < -0.3 is 9.84 Å². The molecule has 3 rings (SSSR count). The molecule has 1 N–H and O–H groups in total.